The minimum atomic E-state index is -2.07. The highest BCUT2D eigenvalue weighted by atomic mass is 35.6. The average molecular weight is 499 g/mol. The van der Waals surface area contributed by atoms with Gasteiger partial charge in [-0.05, 0) is 16.5 Å². The lowest BCUT2D eigenvalue weighted by molar-refractivity contribution is -0.391. The van der Waals surface area contributed by atoms with Crippen molar-refractivity contribution >= 4 is 75.3 Å². The molecular weight excluding hydrogens is 488 g/mol. The largest absolute Gasteiger partial charge is 0.439 e. The molecule has 0 aliphatic heterocycles. The fraction of sp³-hybridized carbons (Fsp3) is 0.308. The van der Waals surface area contributed by atoms with Crippen LogP contribution < -0.4 is 11.1 Å². The van der Waals surface area contributed by atoms with Crippen LogP contribution in [0.5, 0.6) is 0 Å². The van der Waals surface area contributed by atoms with Gasteiger partial charge < -0.3 is 20.6 Å². The summed E-state index contributed by atoms with van der Waals surface area (Å²) in [4.78, 5) is 38.1. The zero-order chi connectivity index (χ0) is 22.2. The summed E-state index contributed by atoms with van der Waals surface area (Å²) in [6.45, 7) is -0.381. The molecule has 0 spiro atoms. The Kier molecular flexibility index (Phi) is 6.08. The Morgan fingerprint density at radius 3 is 2.70 bits per heavy atom. The van der Waals surface area contributed by atoms with E-state index in [0.717, 1.165) is 10.8 Å². The van der Waals surface area contributed by atoms with E-state index in [4.69, 9.17) is 56.9 Å². The van der Waals surface area contributed by atoms with E-state index >= 15 is 0 Å². The van der Waals surface area contributed by atoms with Gasteiger partial charge in [0.05, 0.1) is 13.4 Å². The molecule has 13 nitrogen and oxygen atoms in total. The third-order valence-corrected chi connectivity index (χ3v) is 4.63. The summed E-state index contributed by atoms with van der Waals surface area (Å²) in [7, 11) is 1.40. The summed E-state index contributed by atoms with van der Waals surface area (Å²) < 4.78 is 5.35. The fourth-order valence-corrected chi connectivity index (χ4v) is 3.08. The van der Waals surface area contributed by atoms with Gasteiger partial charge >= 0.3 is 11.9 Å². The number of amides is 1. The number of aromatic nitrogens is 6. The van der Waals surface area contributed by atoms with Gasteiger partial charge in [0.1, 0.15) is 11.7 Å². The van der Waals surface area contributed by atoms with Crippen molar-refractivity contribution in [3.63, 3.8) is 0 Å². The first-order valence-corrected chi connectivity index (χ1v) is 9.30. The molecule has 0 fully saturated rings. The molecule has 17 heteroatoms. The Morgan fingerprint density at radius 1 is 1.40 bits per heavy atom. The standard InChI is InChI=1S/C13H11Cl4N9O4/c1-24-5(19-2-6(24)26(28)29)3-30-12(27)23-10(13(15,16)17)25-4-20-7-8(18)21-11(14)22-9(7)25/h2,4,10H,3H2,1H3,(H,23,27)(H2,18,21,22). The van der Waals surface area contributed by atoms with E-state index in [1.54, 1.807) is 0 Å². The quantitative estimate of drug-likeness (QED) is 0.232. The van der Waals surface area contributed by atoms with Crippen molar-refractivity contribution < 1.29 is 14.5 Å². The number of fused-ring (bicyclic) bond motifs is 1. The van der Waals surface area contributed by atoms with Crippen LogP contribution in [0.1, 0.15) is 12.0 Å². The summed E-state index contributed by atoms with van der Waals surface area (Å²) in [5, 5.41) is 13.0. The number of rotatable bonds is 5. The monoisotopic (exact) mass is 497 g/mol. The molecule has 160 valence electrons. The number of nitrogen functional groups attached to an aromatic ring is 1. The van der Waals surface area contributed by atoms with Gasteiger partial charge in [0.25, 0.3) is 0 Å². The van der Waals surface area contributed by atoms with E-state index < -0.39 is 21.0 Å². The second-order valence-electron chi connectivity index (χ2n) is 5.72. The SMILES string of the molecule is Cn1c([N+](=O)[O-])cnc1COC(=O)NC(n1cnc2c(N)nc(Cl)nc21)C(Cl)(Cl)Cl. The van der Waals surface area contributed by atoms with Gasteiger partial charge in [-0.3, -0.25) is 9.88 Å². The van der Waals surface area contributed by atoms with Crippen LogP contribution in [0.25, 0.3) is 11.2 Å². The zero-order valence-electron chi connectivity index (χ0n) is 14.8. The Balaban J connectivity index is 1.81. The normalized spacial score (nSPS) is 12.7. The van der Waals surface area contributed by atoms with Crippen molar-refractivity contribution in [3.05, 3.63) is 33.7 Å². The fourth-order valence-electron chi connectivity index (χ4n) is 2.43. The molecule has 1 unspecified atom stereocenters. The number of carbonyl (C=O) groups is 1. The maximum absolute atomic E-state index is 12.3. The third kappa shape index (κ3) is 4.43. The van der Waals surface area contributed by atoms with Crippen molar-refractivity contribution in [1.82, 2.24) is 34.4 Å². The number of ether oxygens (including phenoxy) is 1. The molecule has 30 heavy (non-hydrogen) atoms. The molecule has 0 radical (unpaired) electrons. The Hall–Kier alpha value is -2.61. The van der Waals surface area contributed by atoms with E-state index in [2.05, 4.69) is 25.3 Å². The Labute approximate surface area is 187 Å². The molecule has 3 aromatic rings. The summed E-state index contributed by atoms with van der Waals surface area (Å²) in [5.41, 5.74) is 6.03. The molecule has 0 saturated heterocycles. The van der Waals surface area contributed by atoms with Gasteiger partial charge in [-0.1, -0.05) is 34.8 Å². The van der Waals surface area contributed by atoms with Gasteiger partial charge in [-0.25, -0.2) is 19.3 Å². The number of nitrogens with zero attached hydrogens (tertiary/aromatic N) is 7. The van der Waals surface area contributed by atoms with Crippen LogP contribution in [-0.2, 0) is 18.4 Å². The van der Waals surface area contributed by atoms with E-state index in [-0.39, 0.29) is 40.5 Å². The van der Waals surface area contributed by atoms with Crippen LogP contribution in [0.4, 0.5) is 16.4 Å². The maximum Gasteiger partial charge on any atom is 0.409 e. The van der Waals surface area contributed by atoms with Crippen LogP contribution in [0.15, 0.2) is 12.5 Å². The number of nitro groups is 1. The maximum atomic E-state index is 12.3. The summed E-state index contributed by atoms with van der Waals surface area (Å²) >= 11 is 23.8. The van der Waals surface area contributed by atoms with Gasteiger partial charge in [-0.15, -0.1) is 0 Å². The van der Waals surface area contributed by atoms with Gasteiger partial charge in [-0.2, -0.15) is 9.97 Å². The van der Waals surface area contributed by atoms with Gasteiger partial charge in [0.15, 0.2) is 24.2 Å². The van der Waals surface area contributed by atoms with E-state index in [1.165, 1.54) is 17.9 Å². The topological polar surface area (TPSA) is 169 Å². The molecule has 0 aromatic carbocycles. The first-order chi connectivity index (χ1) is 14.0. The molecule has 0 bridgehead atoms. The van der Waals surface area contributed by atoms with E-state index in [9.17, 15) is 14.9 Å². The minimum absolute atomic E-state index is 0.00855. The molecule has 3 heterocycles. The summed E-state index contributed by atoms with van der Waals surface area (Å²) in [6, 6.07) is 0. The Morgan fingerprint density at radius 2 is 2.10 bits per heavy atom. The lowest BCUT2D eigenvalue weighted by Gasteiger charge is -2.26. The van der Waals surface area contributed by atoms with Gasteiger partial charge in [0, 0.05) is 0 Å². The molecule has 3 rings (SSSR count). The highest BCUT2D eigenvalue weighted by Crippen LogP contribution is 2.38. The second-order valence-corrected chi connectivity index (χ2v) is 8.42. The minimum Gasteiger partial charge on any atom is -0.439 e. The lowest BCUT2D eigenvalue weighted by atomic mass is 10.4. The van der Waals surface area contributed by atoms with Crippen LogP contribution in [-0.4, -0.2) is 43.9 Å². The van der Waals surface area contributed by atoms with Gasteiger partial charge in [0.2, 0.25) is 14.9 Å². The van der Waals surface area contributed by atoms with E-state index in [0.29, 0.717) is 0 Å². The van der Waals surface area contributed by atoms with Crippen molar-refractivity contribution in [3.8, 4) is 0 Å². The Bertz CT molecular complexity index is 1130. The molecule has 1 amide bonds. The predicted octanol–water partition coefficient (Wildman–Crippen LogP) is 2.50. The highest BCUT2D eigenvalue weighted by Gasteiger charge is 2.37. The molecule has 0 saturated carbocycles. The van der Waals surface area contributed by atoms with Crippen LogP contribution in [0, 0.1) is 10.1 Å². The van der Waals surface area contributed by atoms with E-state index in [1.807, 2.05) is 0 Å². The molecule has 3 aromatic heterocycles. The lowest BCUT2D eigenvalue weighted by Crippen LogP contribution is -2.40. The number of carbonyl (C=O) groups excluding carboxylic acids is 1. The van der Waals surface area contributed by atoms with Crippen molar-refractivity contribution in [2.45, 2.75) is 16.6 Å². The number of imidazole rings is 2. The number of halogens is 4. The van der Waals surface area contributed by atoms with Crippen LogP contribution in [0.3, 0.4) is 0 Å². The molecule has 1 atom stereocenters. The average Bonchev–Trinajstić information content (AvgIpc) is 3.20. The summed E-state index contributed by atoms with van der Waals surface area (Å²) in [6.07, 6.45) is -0.0827. The van der Waals surface area contributed by atoms with Crippen LogP contribution >= 0.6 is 46.4 Å². The number of alkyl carbamates (subject to hydrolysis) is 1. The first kappa shape index (κ1) is 22.1. The number of hydrogen-bond donors (Lipinski definition) is 2. The summed E-state index contributed by atoms with van der Waals surface area (Å²) in [5.74, 6) is -0.152. The number of nitrogens with two attached hydrogens (primary N) is 1. The molecule has 0 aliphatic carbocycles. The molecular formula is C13H11Cl4N9O4. The number of alkyl halides is 3. The molecule has 0 aliphatic rings. The van der Waals surface area contributed by atoms with Crippen molar-refractivity contribution in [2.24, 2.45) is 7.05 Å². The zero-order valence-corrected chi connectivity index (χ0v) is 17.8. The number of anilines is 1. The molecule has 3 N–H and O–H groups in total. The van der Waals surface area contributed by atoms with Crippen molar-refractivity contribution in [2.75, 3.05) is 5.73 Å². The second kappa shape index (κ2) is 8.26. The number of hydrogen-bond acceptors (Lipinski definition) is 9. The first-order valence-electron chi connectivity index (χ1n) is 7.79. The smallest absolute Gasteiger partial charge is 0.409 e. The predicted molar refractivity (Wildman–Crippen MR) is 107 cm³/mol. The van der Waals surface area contributed by atoms with Crippen molar-refractivity contribution in [1.29, 1.82) is 0 Å². The number of nitrogens with one attached hydrogen (secondary N) is 1. The highest BCUT2D eigenvalue weighted by molar-refractivity contribution is 6.68. The van der Waals surface area contributed by atoms with Crippen LogP contribution in [0.2, 0.25) is 5.28 Å². The third-order valence-electron chi connectivity index (χ3n) is 3.84.